The van der Waals surface area contributed by atoms with Gasteiger partial charge in [0.2, 0.25) is 5.91 Å². The third kappa shape index (κ3) is 5.13. The first-order chi connectivity index (χ1) is 11.1. The van der Waals surface area contributed by atoms with E-state index >= 15 is 0 Å². The lowest BCUT2D eigenvalue weighted by Gasteiger charge is -2.36. The molecule has 0 spiro atoms. The van der Waals surface area contributed by atoms with Gasteiger partial charge in [0, 0.05) is 26.2 Å². The Hall–Kier alpha value is -1.76. The molecule has 0 radical (unpaired) electrons. The summed E-state index contributed by atoms with van der Waals surface area (Å²) in [4.78, 5) is 27.0. The van der Waals surface area contributed by atoms with Crippen molar-refractivity contribution < 1.29 is 18.7 Å². The summed E-state index contributed by atoms with van der Waals surface area (Å²) in [7, 11) is 0. The molecule has 1 heterocycles. The number of rotatable bonds is 6. The molecule has 0 aromatic heterocycles. The van der Waals surface area contributed by atoms with Gasteiger partial charge in [-0.05, 0) is 19.1 Å². The van der Waals surface area contributed by atoms with Crippen LogP contribution in [0.15, 0.2) is 24.3 Å². The number of hydrogen-bond acceptors (Lipinski definition) is 5. The van der Waals surface area contributed by atoms with E-state index in [0.717, 1.165) is 0 Å². The Bertz CT molecular complexity index is 548. The van der Waals surface area contributed by atoms with Crippen molar-refractivity contribution in [3.63, 3.8) is 0 Å². The predicted octanol–water partition coefficient (Wildman–Crippen LogP) is 1.77. The summed E-state index contributed by atoms with van der Waals surface area (Å²) < 4.78 is 18.6. The molecule has 1 aromatic carbocycles. The lowest BCUT2D eigenvalue weighted by Crippen LogP contribution is -2.49. The highest BCUT2D eigenvalue weighted by Crippen LogP contribution is 2.20. The standard InChI is InChI=1S/C16H21FN2O3S/c1-2-22-16(21)12-23-11-15(20)19-9-7-18(8-10-19)14-6-4-3-5-13(14)17/h3-6H,2,7-12H2,1H3. The zero-order valence-corrected chi connectivity index (χ0v) is 14.0. The van der Waals surface area contributed by atoms with Crippen LogP contribution in [0.2, 0.25) is 0 Å². The first kappa shape index (κ1) is 17.6. The SMILES string of the molecule is CCOC(=O)CSCC(=O)N1CCN(c2ccccc2F)CC1. The van der Waals surface area contributed by atoms with E-state index in [-0.39, 0.29) is 29.2 Å². The maximum absolute atomic E-state index is 13.8. The molecule has 5 nitrogen and oxygen atoms in total. The molecule has 1 amide bonds. The third-order valence-corrected chi connectivity index (χ3v) is 4.47. The Morgan fingerprint density at radius 3 is 2.52 bits per heavy atom. The molecule has 126 valence electrons. The molecular formula is C16H21FN2O3S. The number of nitrogens with zero attached hydrogens (tertiary/aromatic N) is 2. The highest BCUT2D eigenvalue weighted by Gasteiger charge is 2.22. The zero-order chi connectivity index (χ0) is 16.7. The van der Waals surface area contributed by atoms with E-state index in [1.54, 1.807) is 24.0 Å². The van der Waals surface area contributed by atoms with Crippen LogP contribution in [0.5, 0.6) is 0 Å². The third-order valence-electron chi connectivity index (χ3n) is 3.58. The van der Waals surface area contributed by atoms with Gasteiger partial charge in [0.15, 0.2) is 0 Å². The van der Waals surface area contributed by atoms with Crippen LogP contribution in [-0.4, -0.2) is 61.1 Å². The molecule has 0 atom stereocenters. The number of anilines is 1. The van der Waals surface area contributed by atoms with Gasteiger partial charge in [-0.2, -0.15) is 0 Å². The summed E-state index contributed by atoms with van der Waals surface area (Å²) in [6, 6.07) is 6.67. The first-order valence-corrected chi connectivity index (χ1v) is 8.78. The molecule has 0 N–H and O–H groups in total. The molecule has 0 aliphatic carbocycles. The van der Waals surface area contributed by atoms with Gasteiger partial charge in [0.25, 0.3) is 0 Å². The second-order valence-electron chi connectivity index (χ2n) is 5.12. The molecule has 0 saturated carbocycles. The molecule has 1 aliphatic rings. The fourth-order valence-corrected chi connectivity index (χ4v) is 3.13. The van der Waals surface area contributed by atoms with Crippen LogP contribution in [0.4, 0.5) is 10.1 Å². The predicted molar refractivity (Wildman–Crippen MR) is 89.2 cm³/mol. The van der Waals surface area contributed by atoms with Crippen molar-refractivity contribution in [2.24, 2.45) is 0 Å². The topological polar surface area (TPSA) is 49.9 Å². The highest BCUT2D eigenvalue weighted by molar-refractivity contribution is 8.00. The van der Waals surface area contributed by atoms with Crippen molar-refractivity contribution in [1.29, 1.82) is 0 Å². The first-order valence-electron chi connectivity index (χ1n) is 7.62. The number of ether oxygens (including phenoxy) is 1. The van der Waals surface area contributed by atoms with Crippen LogP contribution in [0.25, 0.3) is 0 Å². The van der Waals surface area contributed by atoms with E-state index in [9.17, 15) is 14.0 Å². The molecule has 1 saturated heterocycles. The van der Waals surface area contributed by atoms with Crippen LogP contribution in [0, 0.1) is 5.82 Å². The molecule has 1 aromatic rings. The summed E-state index contributed by atoms with van der Waals surface area (Å²) in [6.07, 6.45) is 0. The van der Waals surface area contributed by atoms with Crippen LogP contribution >= 0.6 is 11.8 Å². The molecule has 0 bridgehead atoms. The Kier molecular flexibility index (Phi) is 6.70. The Morgan fingerprint density at radius 1 is 1.17 bits per heavy atom. The lowest BCUT2D eigenvalue weighted by molar-refractivity contribution is -0.139. The normalized spacial score (nSPS) is 14.7. The number of hydrogen-bond donors (Lipinski definition) is 0. The zero-order valence-electron chi connectivity index (χ0n) is 13.2. The van der Waals surface area contributed by atoms with Crippen molar-refractivity contribution in [2.75, 3.05) is 49.2 Å². The number of halogens is 1. The monoisotopic (exact) mass is 340 g/mol. The van der Waals surface area contributed by atoms with Gasteiger partial charge < -0.3 is 14.5 Å². The summed E-state index contributed by atoms with van der Waals surface area (Å²) in [6.45, 7) is 4.44. The van der Waals surface area contributed by atoms with Crippen molar-refractivity contribution in [3.8, 4) is 0 Å². The maximum atomic E-state index is 13.8. The minimum absolute atomic E-state index is 0.00693. The van der Waals surface area contributed by atoms with Gasteiger partial charge in [0.05, 0.1) is 23.8 Å². The van der Waals surface area contributed by atoms with Crippen LogP contribution in [-0.2, 0) is 14.3 Å². The number of carbonyl (C=O) groups excluding carboxylic acids is 2. The molecular weight excluding hydrogens is 319 g/mol. The number of thioether (sulfide) groups is 1. The van der Waals surface area contributed by atoms with E-state index < -0.39 is 0 Å². The van der Waals surface area contributed by atoms with Crippen molar-refractivity contribution in [2.45, 2.75) is 6.92 Å². The molecule has 0 unspecified atom stereocenters. The second kappa shape index (κ2) is 8.76. The minimum atomic E-state index is -0.297. The lowest BCUT2D eigenvalue weighted by atomic mass is 10.2. The van der Waals surface area contributed by atoms with Gasteiger partial charge in [-0.1, -0.05) is 12.1 Å². The fraction of sp³-hybridized carbons (Fsp3) is 0.500. The van der Waals surface area contributed by atoms with Gasteiger partial charge in [-0.25, -0.2) is 4.39 Å². The Labute approximate surface area is 139 Å². The van der Waals surface area contributed by atoms with E-state index in [1.807, 2.05) is 11.0 Å². The number of piperazine rings is 1. The molecule has 1 fully saturated rings. The quantitative estimate of drug-likeness (QED) is 0.739. The van der Waals surface area contributed by atoms with E-state index in [2.05, 4.69) is 0 Å². The molecule has 2 rings (SSSR count). The number of para-hydroxylation sites is 1. The van der Waals surface area contributed by atoms with Crippen LogP contribution < -0.4 is 4.90 Å². The molecule has 7 heteroatoms. The highest BCUT2D eigenvalue weighted by atomic mass is 32.2. The van der Waals surface area contributed by atoms with Gasteiger partial charge in [0.1, 0.15) is 5.82 Å². The fourth-order valence-electron chi connectivity index (χ4n) is 2.42. The molecule has 23 heavy (non-hydrogen) atoms. The summed E-state index contributed by atoms with van der Waals surface area (Å²) >= 11 is 1.26. The van der Waals surface area contributed by atoms with Crippen LogP contribution in [0.1, 0.15) is 6.92 Å². The van der Waals surface area contributed by atoms with Crippen LogP contribution in [0.3, 0.4) is 0 Å². The number of carbonyl (C=O) groups is 2. The summed E-state index contributed by atoms with van der Waals surface area (Å²) in [5, 5.41) is 0. The van der Waals surface area contributed by atoms with E-state index in [4.69, 9.17) is 4.74 Å². The van der Waals surface area contributed by atoms with E-state index in [1.165, 1.54) is 17.8 Å². The summed E-state index contributed by atoms with van der Waals surface area (Å²) in [5.41, 5.74) is 0.580. The van der Waals surface area contributed by atoms with Gasteiger partial charge >= 0.3 is 5.97 Å². The average Bonchev–Trinajstić information content (AvgIpc) is 2.55. The van der Waals surface area contributed by atoms with Gasteiger partial charge in [-0.15, -0.1) is 11.8 Å². The Morgan fingerprint density at radius 2 is 1.87 bits per heavy atom. The number of amides is 1. The smallest absolute Gasteiger partial charge is 0.315 e. The summed E-state index contributed by atoms with van der Waals surface area (Å²) in [5.74, 6) is -0.0766. The Balaban J connectivity index is 1.75. The molecule has 1 aliphatic heterocycles. The average molecular weight is 340 g/mol. The van der Waals surface area contributed by atoms with Crippen molar-refractivity contribution in [3.05, 3.63) is 30.1 Å². The van der Waals surface area contributed by atoms with Gasteiger partial charge in [-0.3, -0.25) is 9.59 Å². The van der Waals surface area contributed by atoms with Crippen molar-refractivity contribution in [1.82, 2.24) is 4.90 Å². The minimum Gasteiger partial charge on any atom is -0.465 e. The largest absolute Gasteiger partial charge is 0.465 e. The number of esters is 1. The number of benzene rings is 1. The van der Waals surface area contributed by atoms with E-state index in [0.29, 0.717) is 38.5 Å². The maximum Gasteiger partial charge on any atom is 0.315 e. The van der Waals surface area contributed by atoms with Crippen molar-refractivity contribution >= 4 is 29.3 Å². The second-order valence-corrected chi connectivity index (χ2v) is 6.10.